The van der Waals surface area contributed by atoms with Gasteiger partial charge in [-0.2, -0.15) is 0 Å². The minimum absolute atomic E-state index is 0.0810. The average Bonchev–Trinajstić information content (AvgIpc) is 1.96. The van der Waals surface area contributed by atoms with Gasteiger partial charge in [-0.05, 0) is 26.8 Å². The Bertz CT molecular complexity index is 183. The molecule has 4 heteroatoms. The number of alkyl halides is 2. The van der Waals surface area contributed by atoms with E-state index in [1.165, 1.54) is 6.08 Å². The third kappa shape index (κ3) is 4.22. The van der Waals surface area contributed by atoms with Crippen LogP contribution in [0.15, 0.2) is 11.8 Å². The Kier molecular flexibility index (Phi) is 4.33. The molecule has 2 nitrogen and oxygen atoms in total. The van der Waals surface area contributed by atoms with Gasteiger partial charge in [-0.15, -0.1) is 0 Å². The van der Waals surface area contributed by atoms with E-state index in [1.807, 2.05) is 0 Å². The summed E-state index contributed by atoms with van der Waals surface area (Å²) in [6.07, 6.45) is -0.731. The molecule has 0 aromatic heterocycles. The number of allylic oxidation sites excluding steroid dienone is 1. The van der Waals surface area contributed by atoms with E-state index in [4.69, 9.17) is 9.84 Å². The fourth-order valence-electron chi connectivity index (χ4n) is 0.812. The summed E-state index contributed by atoms with van der Waals surface area (Å²) < 4.78 is 30.3. The maximum Gasteiger partial charge on any atom is 0.277 e. The van der Waals surface area contributed by atoms with E-state index in [9.17, 15) is 8.78 Å². The molecule has 0 heterocycles. The first-order chi connectivity index (χ1) is 5.79. The van der Waals surface area contributed by atoms with Gasteiger partial charge in [0.25, 0.3) is 5.92 Å². The molecule has 1 unspecified atom stereocenters. The average molecular weight is 194 g/mol. The standard InChI is InChI=1S/C9H16F2O2/c1-5-7(13-6(2)3)8(12)9(4,10)11/h5-6,8,12H,1-4H3/b7-5-. The fraction of sp³-hybridized carbons (Fsp3) is 0.778. The topological polar surface area (TPSA) is 29.5 Å². The highest BCUT2D eigenvalue weighted by molar-refractivity contribution is 5.03. The van der Waals surface area contributed by atoms with Gasteiger partial charge in [0, 0.05) is 6.92 Å². The number of ether oxygens (including phenoxy) is 1. The van der Waals surface area contributed by atoms with E-state index in [2.05, 4.69) is 0 Å². The van der Waals surface area contributed by atoms with Crippen LogP contribution >= 0.6 is 0 Å². The maximum absolute atomic E-state index is 12.6. The van der Waals surface area contributed by atoms with E-state index in [1.54, 1.807) is 20.8 Å². The van der Waals surface area contributed by atoms with Crippen LogP contribution in [-0.2, 0) is 4.74 Å². The zero-order valence-corrected chi connectivity index (χ0v) is 8.34. The molecule has 0 fully saturated rings. The molecule has 1 atom stereocenters. The van der Waals surface area contributed by atoms with Crippen molar-refractivity contribution in [1.29, 1.82) is 0 Å². The van der Waals surface area contributed by atoms with Gasteiger partial charge in [0.05, 0.1) is 6.10 Å². The van der Waals surface area contributed by atoms with Crippen molar-refractivity contribution >= 4 is 0 Å². The molecule has 0 spiro atoms. The van der Waals surface area contributed by atoms with Crippen molar-refractivity contribution in [2.24, 2.45) is 0 Å². The molecule has 0 aliphatic rings. The van der Waals surface area contributed by atoms with E-state index in [0.717, 1.165) is 0 Å². The molecule has 0 rings (SSSR count). The summed E-state index contributed by atoms with van der Waals surface area (Å²) in [5.74, 6) is -3.25. The van der Waals surface area contributed by atoms with Crippen molar-refractivity contribution < 1.29 is 18.6 Å². The largest absolute Gasteiger partial charge is 0.493 e. The molecule has 1 N–H and O–H groups in total. The molecule has 0 aliphatic heterocycles. The Balaban J connectivity index is 4.43. The zero-order chi connectivity index (χ0) is 10.6. The first-order valence-corrected chi connectivity index (χ1v) is 4.17. The second kappa shape index (κ2) is 4.56. The zero-order valence-electron chi connectivity index (χ0n) is 8.34. The minimum Gasteiger partial charge on any atom is -0.493 e. The van der Waals surface area contributed by atoms with Gasteiger partial charge >= 0.3 is 0 Å². The summed E-state index contributed by atoms with van der Waals surface area (Å²) in [4.78, 5) is 0. The van der Waals surface area contributed by atoms with Gasteiger partial charge < -0.3 is 9.84 Å². The highest BCUT2D eigenvalue weighted by atomic mass is 19.3. The van der Waals surface area contributed by atoms with Gasteiger partial charge in [-0.3, -0.25) is 0 Å². The van der Waals surface area contributed by atoms with Gasteiger partial charge in [0.1, 0.15) is 5.76 Å². The minimum atomic E-state index is -3.17. The van der Waals surface area contributed by atoms with Crippen LogP contribution in [0.25, 0.3) is 0 Å². The van der Waals surface area contributed by atoms with Crippen LogP contribution in [0.4, 0.5) is 8.78 Å². The van der Waals surface area contributed by atoms with Crippen molar-refractivity contribution in [2.45, 2.75) is 45.8 Å². The van der Waals surface area contributed by atoms with Crippen molar-refractivity contribution in [3.8, 4) is 0 Å². The van der Waals surface area contributed by atoms with Gasteiger partial charge in [-0.1, -0.05) is 0 Å². The Morgan fingerprint density at radius 2 is 1.92 bits per heavy atom. The van der Waals surface area contributed by atoms with E-state index >= 15 is 0 Å². The lowest BCUT2D eigenvalue weighted by atomic mass is 10.1. The number of rotatable bonds is 4. The highest BCUT2D eigenvalue weighted by Gasteiger charge is 2.36. The van der Waals surface area contributed by atoms with Crippen LogP contribution in [-0.4, -0.2) is 23.2 Å². The summed E-state index contributed by atoms with van der Waals surface area (Å²) in [6, 6.07) is 0. The number of aliphatic hydroxyl groups excluding tert-OH is 1. The molecule has 0 amide bonds. The highest BCUT2D eigenvalue weighted by Crippen LogP contribution is 2.24. The number of aliphatic hydroxyl groups is 1. The maximum atomic E-state index is 12.6. The molecule has 0 aromatic carbocycles. The van der Waals surface area contributed by atoms with Crippen molar-refractivity contribution in [3.05, 3.63) is 11.8 Å². The van der Waals surface area contributed by atoms with Crippen LogP contribution in [0.2, 0.25) is 0 Å². The molecule has 0 bridgehead atoms. The molecule has 0 aliphatic carbocycles. The lowest BCUT2D eigenvalue weighted by Gasteiger charge is -2.22. The molecule has 0 saturated heterocycles. The van der Waals surface area contributed by atoms with Crippen molar-refractivity contribution in [3.63, 3.8) is 0 Å². The molecule has 13 heavy (non-hydrogen) atoms. The third-order valence-electron chi connectivity index (χ3n) is 1.41. The summed E-state index contributed by atoms with van der Waals surface area (Å²) in [5.41, 5.74) is 0. The predicted molar refractivity (Wildman–Crippen MR) is 46.6 cm³/mol. The van der Waals surface area contributed by atoms with Crippen LogP contribution in [0.1, 0.15) is 27.7 Å². The van der Waals surface area contributed by atoms with Crippen molar-refractivity contribution in [2.75, 3.05) is 0 Å². The van der Waals surface area contributed by atoms with Gasteiger partial charge in [0.15, 0.2) is 6.10 Å². The second-order valence-corrected chi connectivity index (χ2v) is 3.22. The van der Waals surface area contributed by atoms with Gasteiger partial charge in [0.2, 0.25) is 0 Å². The molecule has 0 radical (unpaired) electrons. The summed E-state index contributed by atoms with van der Waals surface area (Å²) in [6.45, 7) is 5.63. The lowest BCUT2D eigenvalue weighted by Crippen LogP contribution is -2.33. The molecule has 0 aromatic rings. The second-order valence-electron chi connectivity index (χ2n) is 3.22. The number of hydrogen-bond acceptors (Lipinski definition) is 2. The Hall–Kier alpha value is -0.640. The van der Waals surface area contributed by atoms with Crippen LogP contribution < -0.4 is 0 Å². The van der Waals surface area contributed by atoms with Crippen molar-refractivity contribution in [1.82, 2.24) is 0 Å². The Morgan fingerprint density at radius 3 is 2.15 bits per heavy atom. The lowest BCUT2D eigenvalue weighted by molar-refractivity contribution is -0.0999. The van der Waals surface area contributed by atoms with Crippen LogP contribution in [0.5, 0.6) is 0 Å². The Morgan fingerprint density at radius 1 is 1.46 bits per heavy atom. The monoisotopic (exact) mass is 194 g/mol. The summed E-state index contributed by atoms with van der Waals surface area (Å²) in [5, 5.41) is 9.15. The first-order valence-electron chi connectivity index (χ1n) is 4.17. The molecule has 78 valence electrons. The summed E-state index contributed by atoms with van der Waals surface area (Å²) in [7, 11) is 0. The smallest absolute Gasteiger partial charge is 0.277 e. The summed E-state index contributed by atoms with van der Waals surface area (Å²) >= 11 is 0. The SMILES string of the molecule is C/C=C(\OC(C)C)C(O)C(C)(F)F. The molecule has 0 saturated carbocycles. The first kappa shape index (κ1) is 12.4. The van der Waals surface area contributed by atoms with Gasteiger partial charge in [-0.25, -0.2) is 8.78 Å². The Labute approximate surface area is 77.2 Å². The fourth-order valence-corrected chi connectivity index (χ4v) is 0.812. The predicted octanol–water partition coefficient (Wildman–Crippen LogP) is 2.33. The third-order valence-corrected chi connectivity index (χ3v) is 1.41. The number of halogens is 2. The molecular formula is C9H16F2O2. The quantitative estimate of drug-likeness (QED) is 0.696. The van der Waals surface area contributed by atoms with E-state index in [-0.39, 0.29) is 11.9 Å². The van der Waals surface area contributed by atoms with Crippen LogP contribution in [0, 0.1) is 0 Å². The van der Waals surface area contributed by atoms with E-state index < -0.39 is 12.0 Å². The molecular weight excluding hydrogens is 178 g/mol. The normalized spacial score (nSPS) is 16.2. The van der Waals surface area contributed by atoms with Crippen LogP contribution in [0.3, 0.4) is 0 Å². The van der Waals surface area contributed by atoms with E-state index in [0.29, 0.717) is 6.92 Å². The number of hydrogen-bond donors (Lipinski definition) is 1.